The van der Waals surface area contributed by atoms with Gasteiger partial charge in [0.05, 0.1) is 6.10 Å². The summed E-state index contributed by atoms with van der Waals surface area (Å²) in [6, 6.07) is 8.52. The minimum atomic E-state index is -0.208. The van der Waals surface area contributed by atoms with Crippen molar-refractivity contribution in [3.05, 3.63) is 29.8 Å². The van der Waals surface area contributed by atoms with E-state index in [9.17, 15) is 5.11 Å². The number of aliphatic hydroxyl groups excluding tert-OH is 1. The molecule has 0 bridgehead atoms. The van der Waals surface area contributed by atoms with Gasteiger partial charge in [0.25, 0.3) is 0 Å². The highest BCUT2D eigenvalue weighted by Gasteiger charge is 2.25. The van der Waals surface area contributed by atoms with Gasteiger partial charge in [-0.2, -0.15) is 0 Å². The molecule has 3 heteroatoms. The van der Waals surface area contributed by atoms with Gasteiger partial charge >= 0.3 is 0 Å². The number of nitrogens with two attached hydrogens (primary N) is 1. The first-order valence-corrected chi connectivity index (χ1v) is 8.01. The SMILES string of the molecule is NC1CCN(CC(O)CC2CCCC2)c2ccccc21. The summed E-state index contributed by atoms with van der Waals surface area (Å²) in [6.07, 6.45) is 7.03. The molecular formula is C17H26N2O. The van der Waals surface area contributed by atoms with E-state index in [1.807, 2.05) is 0 Å². The highest BCUT2D eigenvalue weighted by atomic mass is 16.3. The van der Waals surface area contributed by atoms with Crippen LogP contribution in [0.3, 0.4) is 0 Å². The van der Waals surface area contributed by atoms with Gasteiger partial charge in [0, 0.05) is 24.8 Å². The van der Waals surface area contributed by atoms with Crippen molar-refractivity contribution in [1.82, 2.24) is 0 Å². The van der Waals surface area contributed by atoms with Crippen LogP contribution < -0.4 is 10.6 Å². The average Bonchev–Trinajstić information content (AvgIpc) is 2.95. The van der Waals surface area contributed by atoms with E-state index in [1.54, 1.807) is 0 Å². The van der Waals surface area contributed by atoms with Crippen LogP contribution in [-0.2, 0) is 0 Å². The van der Waals surface area contributed by atoms with Gasteiger partial charge in [0.15, 0.2) is 0 Å². The van der Waals surface area contributed by atoms with Gasteiger partial charge < -0.3 is 15.7 Å². The third-order valence-corrected chi connectivity index (χ3v) is 4.90. The molecule has 0 aromatic heterocycles. The number of nitrogens with zero attached hydrogens (tertiary/aromatic N) is 1. The molecule has 2 unspecified atom stereocenters. The first-order chi connectivity index (χ1) is 9.74. The van der Waals surface area contributed by atoms with Crippen LogP contribution in [0, 0.1) is 5.92 Å². The maximum Gasteiger partial charge on any atom is 0.0717 e. The van der Waals surface area contributed by atoms with Crippen LogP contribution in [0.2, 0.25) is 0 Å². The van der Waals surface area contributed by atoms with E-state index in [-0.39, 0.29) is 12.1 Å². The lowest BCUT2D eigenvalue weighted by molar-refractivity contribution is 0.147. The van der Waals surface area contributed by atoms with Crippen LogP contribution >= 0.6 is 0 Å². The molecule has 2 aliphatic rings. The molecule has 0 amide bonds. The van der Waals surface area contributed by atoms with Gasteiger partial charge in [-0.25, -0.2) is 0 Å². The molecule has 0 radical (unpaired) electrons. The number of fused-ring (bicyclic) bond motifs is 1. The fraction of sp³-hybridized carbons (Fsp3) is 0.647. The molecular weight excluding hydrogens is 248 g/mol. The van der Waals surface area contributed by atoms with Crippen LogP contribution in [0.25, 0.3) is 0 Å². The van der Waals surface area contributed by atoms with Gasteiger partial charge in [-0.3, -0.25) is 0 Å². The summed E-state index contributed by atoms with van der Waals surface area (Å²) >= 11 is 0. The molecule has 1 fully saturated rings. The van der Waals surface area contributed by atoms with E-state index >= 15 is 0 Å². The van der Waals surface area contributed by atoms with Crippen LogP contribution in [0.4, 0.5) is 5.69 Å². The van der Waals surface area contributed by atoms with Gasteiger partial charge in [-0.15, -0.1) is 0 Å². The molecule has 1 aromatic carbocycles. The molecule has 1 saturated carbocycles. The van der Waals surface area contributed by atoms with Crippen molar-refractivity contribution >= 4 is 5.69 Å². The molecule has 3 rings (SSSR count). The first kappa shape index (κ1) is 13.9. The Hall–Kier alpha value is -1.06. The van der Waals surface area contributed by atoms with Crippen molar-refractivity contribution in [2.45, 2.75) is 50.7 Å². The topological polar surface area (TPSA) is 49.5 Å². The van der Waals surface area contributed by atoms with Crippen molar-refractivity contribution in [2.24, 2.45) is 11.7 Å². The first-order valence-electron chi connectivity index (χ1n) is 8.01. The lowest BCUT2D eigenvalue weighted by Gasteiger charge is -2.36. The molecule has 1 aromatic rings. The highest BCUT2D eigenvalue weighted by Crippen LogP contribution is 2.33. The molecule has 0 spiro atoms. The fourth-order valence-corrected chi connectivity index (χ4v) is 3.81. The van der Waals surface area contributed by atoms with E-state index in [0.717, 1.165) is 31.8 Å². The van der Waals surface area contributed by atoms with Gasteiger partial charge in [0.1, 0.15) is 0 Å². The van der Waals surface area contributed by atoms with E-state index < -0.39 is 0 Å². The standard InChI is InChI=1S/C17H26N2O/c18-16-9-10-19(17-8-4-3-7-15(16)17)12-14(20)11-13-5-1-2-6-13/h3-4,7-8,13-14,16,20H,1-2,5-6,9-12,18H2. The fourth-order valence-electron chi connectivity index (χ4n) is 3.81. The zero-order chi connectivity index (χ0) is 13.9. The number of anilines is 1. The summed E-state index contributed by atoms with van der Waals surface area (Å²) in [7, 11) is 0. The minimum Gasteiger partial charge on any atom is -0.391 e. The number of aliphatic hydroxyl groups is 1. The summed E-state index contributed by atoms with van der Waals surface area (Å²) in [5.74, 6) is 0.743. The number of hydrogen-bond donors (Lipinski definition) is 2. The van der Waals surface area contributed by atoms with E-state index in [0.29, 0.717) is 0 Å². The molecule has 3 N–H and O–H groups in total. The molecule has 1 heterocycles. The lowest BCUT2D eigenvalue weighted by atomic mass is 9.95. The summed E-state index contributed by atoms with van der Waals surface area (Å²) in [4.78, 5) is 2.32. The summed E-state index contributed by atoms with van der Waals surface area (Å²) < 4.78 is 0. The molecule has 1 aliphatic heterocycles. The Labute approximate surface area is 121 Å². The van der Waals surface area contributed by atoms with Gasteiger partial charge in [-0.05, 0) is 30.4 Å². The number of para-hydroxylation sites is 1. The minimum absolute atomic E-state index is 0.148. The predicted molar refractivity (Wildman–Crippen MR) is 82.8 cm³/mol. The zero-order valence-electron chi connectivity index (χ0n) is 12.2. The van der Waals surface area contributed by atoms with Crippen molar-refractivity contribution in [3.8, 4) is 0 Å². The molecule has 20 heavy (non-hydrogen) atoms. The second-order valence-corrected chi connectivity index (χ2v) is 6.44. The monoisotopic (exact) mass is 274 g/mol. The van der Waals surface area contributed by atoms with Gasteiger partial charge in [0.2, 0.25) is 0 Å². The smallest absolute Gasteiger partial charge is 0.0717 e. The Bertz CT molecular complexity index is 442. The van der Waals surface area contributed by atoms with E-state index in [2.05, 4.69) is 29.2 Å². The molecule has 2 atom stereocenters. The van der Waals surface area contributed by atoms with Crippen molar-refractivity contribution < 1.29 is 5.11 Å². The molecule has 110 valence electrons. The number of rotatable bonds is 4. The quantitative estimate of drug-likeness (QED) is 0.887. The van der Waals surface area contributed by atoms with Crippen LogP contribution in [-0.4, -0.2) is 24.3 Å². The predicted octanol–water partition coefficient (Wildman–Crippen LogP) is 2.84. The average molecular weight is 274 g/mol. The van der Waals surface area contributed by atoms with E-state index in [1.165, 1.54) is 36.9 Å². The number of hydrogen-bond acceptors (Lipinski definition) is 3. The third kappa shape index (κ3) is 2.99. The summed E-state index contributed by atoms with van der Waals surface area (Å²) in [5.41, 5.74) is 8.63. The Kier molecular flexibility index (Phi) is 4.27. The molecule has 1 aliphatic carbocycles. The maximum absolute atomic E-state index is 10.4. The Morgan fingerprint density at radius 1 is 1.20 bits per heavy atom. The summed E-state index contributed by atoms with van der Waals surface area (Å²) in [5, 5.41) is 10.4. The number of β-amino-alcohol motifs (C(OH)–C–C–N with tert-alkyl or cyclic N) is 1. The van der Waals surface area contributed by atoms with Crippen molar-refractivity contribution in [3.63, 3.8) is 0 Å². The van der Waals surface area contributed by atoms with E-state index in [4.69, 9.17) is 5.73 Å². The Balaban J connectivity index is 1.64. The second kappa shape index (κ2) is 6.15. The van der Waals surface area contributed by atoms with Crippen LogP contribution in [0.1, 0.15) is 50.1 Å². The van der Waals surface area contributed by atoms with Crippen LogP contribution in [0.15, 0.2) is 24.3 Å². The molecule has 0 saturated heterocycles. The third-order valence-electron chi connectivity index (χ3n) is 4.90. The Morgan fingerprint density at radius 2 is 1.95 bits per heavy atom. The maximum atomic E-state index is 10.4. The Morgan fingerprint density at radius 3 is 2.75 bits per heavy atom. The largest absolute Gasteiger partial charge is 0.391 e. The number of benzene rings is 1. The van der Waals surface area contributed by atoms with Gasteiger partial charge in [-0.1, -0.05) is 43.9 Å². The normalized spacial score (nSPS) is 24.7. The van der Waals surface area contributed by atoms with Crippen LogP contribution in [0.5, 0.6) is 0 Å². The molecule has 3 nitrogen and oxygen atoms in total. The zero-order valence-corrected chi connectivity index (χ0v) is 12.2. The highest BCUT2D eigenvalue weighted by molar-refractivity contribution is 5.56. The summed E-state index contributed by atoms with van der Waals surface area (Å²) in [6.45, 7) is 1.71. The van der Waals surface area contributed by atoms with Crippen molar-refractivity contribution in [1.29, 1.82) is 0 Å². The second-order valence-electron chi connectivity index (χ2n) is 6.44. The lowest BCUT2D eigenvalue weighted by Crippen LogP contribution is -2.39. The van der Waals surface area contributed by atoms with Crippen molar-refractivity contribution in [2.75, 3.05) is 18.0 Å².